The third-order valence-corrected chi connectivity index (χ3v) is 3.75. The van der Waals surface area contributed by atoms with Gasteiger partial charge in [-0.2, -0.15) is 0 Å². The van der Waals surface area contributed by atoms with E-state index >= 15 is 0 Å². The number of halogens is 2. The summed E-state index contributed by atoms with van der Waals surface area (Å²) in [7, 11) is 0. The zero-order chi connectivity index (χ0) is 15.4. The maximum absolute atomic E-state index is 13.6. The van der Waals surface area contributed by atoms with Crippen LogP contribution in [0.3, 0.4) is 0 Å². The second-order valence-electron chi connectivity index (χ2n) is 5.21. The van der Waals surface area contributed by atoms with E-state index in [1.165, 1.54) is 11.0 Å². The number of likely N-dealkylation sites (tertiary alicyclic amines) is 1. The van der Waals surface area contributed by atoms with Gasteiger partial charge in [-0.3, -0.25) is 9.59 Å². The minimum absolute atomic E-state index is 0.133. The molecule has 114 valence electrons. The van der Waals surface area contributed by atoms with Crippen LogP contribution in [-0.4, -0.2) is 34.5 Å². The first kappa shape index (κ1) is 15.4. The van der Waals surface area contributed by atoms with Crippen LogP contribution >= 0.6 is 0 Å². The lowest BCUT2D eigenvalue weighted by atomic mass is 9.98. The van der Waals surface area contributed by atoms with Crippen molar-refractivity contribution in [1.82, 2.24) is 4.90 Å². The molecular formula is C15H17F2NO3. The van der Waals surface area contributed by atoms with E-state index in [1.807, 2.05) is 0 Å². The zero-order valence-electron chi connectivity index (χ0n) is 11.5. The Balaban J connectivity index is 2.12. The molecule has 1 N–H and O–H groups in total. The molecule has 1 amide bonds. The lowest BCUT2D eigenvalue weighted by Crippen LogP contribution is -2.45. The summed E-state index contributed by atoms with van der Waals surface area (Å²) in [6.07, 6.45) is 1.73. The van der Waals surface area contributed by atoms with Gasteiger partial charge >= 0.3 is 5.97 Å². The molecule has 1 saturated heterocycles. The Morgan fingerprint density at radius 2 is 1.90 bits per heavy atom. The molecule has 2 rings (SSSR count). The van der Waals surface area contributed by atoms with Gasteiger partial charge < -0.3 is 10.0 Å². The highest BCUT2D eigenvalue weighted by atomic mass is 19.1. The molecule has 1 unspecified atom stereocenters. The number of carboxylic acids is 1. The highest BCUT2D eigenvalue weighted by Gasteiger charge is 2.29. The van der Waals surface area contributed by atoms with Crippen LogP contribution in [0.2, 0.25) is 0 Å². The molecule has 0 aromatic heterocycles. The van der Waals surface area contributed by atoms with Gasteiger partial charge in [-0.1, -0.05) is 6.07 Å². The quantitative estimate of drug-likeness (QED) is 0.928. The van der Waals surface area contributed by atoms with Crippen LogP contribution in [0, 0.1) is 11.6 Å². The van der Waals surface area contributed by atoms with Crippen LogP contribution in [0.4, 0.5) is 8.78 Å². The molecule has 1 heterocycles. The van der Waals surface area contributed by atoms with Gasteiger partial charge in [0.25, 0.3) is 0 Å². The number of carboxylic acid groups (broad SMARTS) is 1. The second kappa shape index (κ2) is 6.65. The molecule has 1 aromatic carbocycles. The van der Waals surface area contributed by atoms with Gasteiger partial charge in [-0.15, -0.1) is 0 Å². The molecule has 4 nitrogen and oxygen atoms in total. The van der Waals surface area contributed by atoms with Crippen LogP contribution < -0.4 is 0 Å². The monoisotopic (exact) mass is 297 g/mol. The summed E-state index contributed by atoms with van der Waals surface area (Å²) in [5.74, 6) is -2.91. The predicted octanol–water partition coefficient (Wildman–Crippen LogP) is 2.36. The molecule has 1 fully saturated rings. The number of piperidine rings is 1. The Morgan fingerprint density at radius 3 is 2.52 bits per heavy atom. The molecule has 1 aliphatic rings. The number of rotatable bonds is 4. The van der Waals surface area contributed by atoms with E-state index in [0.29, 0.717) is 13.0 Å². The van der Waals surface area contributed by atoms with Crippen molar-refractivity contribution in [3.8, 4) is 0 Å². The molecule has 0 radical (unpaired) electrons. The van der Waals surface area contributed by atoms with E-state index in [4.69, 9.17) is 5.11 Å². The van der Waals surface area contributed by atoms with Gasteiger partial charge in [0.05, 0.1) is 12.8 Å². The third kappa shape index (κ3) is 3.77. The molecular weight excluding hydrogens is 280 g/mol. The second-order valence-corrected chi connectivity index (χ2v) is 5.21. The number of amides is 1. The first-order valence-electron chi connectivity index (χ1n) is 6.93. The van der Waals surface area contributed by atoms with Crippen LogP contribution in [0.1, 0.15) is 31.2 Å². The molecule has 6 heteroatoms. The molecule has 0 aliphatic carbocycles. The minimum atomic E-state index is -0.975. The Bertz CT molecular complexity index is 527. The topological polar surface area (TPSA) is 57.6 Å². The highest BCUT2D eigenvalue weighted by molar-refractivity contribution is 5.80. The Hall–Kier alpha value is -1.98. The summed E-state index contributed by atoms with van der Waals surface area (Å²) in [6.45, 7) is 0.437. The minimum Gasteiger partial charge on any atom is -0.481 e. The highest BCUT2D eigenvalue weighted by Crippen LogP contribution is 2.22. The number of carbonyl (C=O) groups is 2. The number of aliphatic carboxylic acids is 1. The number of nitrogens with zero attached hydrogens (tertiary/aromatic N) is 1. The fraction of sp³-hybridized carbons (Fsp3) is 0.467. The van der Waals surface area contributed by atoms with Crippen LogP contribution in [0.15, 0.2) is 18.2 Å². The molecule has 0 spiro atoms. The SMILES string of the molecule is O=C(O)CC1CCCCN1C(=O)Cc1c(F)cccc1F. The Kier molecular flexibility index (Phi) is 4.88. The molecule has 1 atom stereocenters. The van der Waals surface area contributed by atoms with Crippen LogP contribution in [-0.2, 0) is 16.0 Å². The van der Waals surface area contributed by atoms with Crippen molar-refractivity contribution in [3.63, 3.8) is 0 Å². The van der Waals surface area contributed by atoms with Crippen LogP contribution in [0.25, 0.3) is 0 Å². The maximum atomic E-state index is 13.6. The smallest absolute Gasteiger partial charge is 0.305 e. The number of benzene rings is 1. The number of carbonyl (C=O) groups excluding carboxylic acids is 1. The number of hydrogen-bond donors (Lipinski definition) is 1. The van der Waals surface area contributed by atoms with Crippen molar-refractivity contribution in [2.75, 3.05) is 6.54 Å². The summed E-state index contributed by atoms with van der Waals surface area (Å²) in [5, 5.41) is 8.89. The van der Waals surface area contributed by atoms with Crippen molar-refractivity contribution >= 4 is 11.9 Å². The van der Waals surface area contributed by atoms with Gasteiger partial charge in [0.15, 0.2) is 0 Å². The van der Waals surface area contributed by atoms with E-state index in [-0.39, 0.29) is 18.4 Å². The van der Waals surface area contributed by atoms with Crippen LogP contribution in [0.5, 0.6) is 0 Å². The predicted molar refractivity (Wildman–Crippen MR) is 71.7 cm³/mol. The Morgan fingerprint density at radius 1 is 1.24 bits per heavy atom. The van der Waals surface area contributed by atoms with Crippen molar-refractivity contribution in [2.24, 2.45) is 0 Å². The number of hydrogen-bond acceptors (Lipinski definition) is 2. The van der Waals surface area contributed by atoms with E-state index in [0.717, 1.165) is 25.0 Å². The molecule has 0 bridgehead atoms. The van der Waals surface area contributed by atoms with E-state index in [2.05, 4.69) is 0 Å². The van der Waals surface area contributed by atoms with E-state index < -0.39 is 29.6 Å². The third-order valence-electron chi connectivity index (χ3n) is 3.75. The standard InChI is InChI=1S/C15H17F2NO3/c16-12-5-3-6-13(17)11(12)9-14(19)18-7-2-1-4-10(18)8-15(20)21/h3,5-6,10H,1-2,4,7-9H2,(H,20,21). The van der Waals surface area contributed by atoms with Gasteiger partial charge in [0.1, 0.15) is 11.6 Å². The summed E-state index contributed by atoms with van der Waals surface area (Å²) >= 11 is 0. The van der Waals surface area contributed by atoms with Crippen molar-refractivity contribution < 1.29 is 23.5 Å². The zero-order valence-corrected chi connectivity index (χ0v) is 11.5. The first-order chi connectivity index (χ1) is 9.99. The lowest BCUT2D eigenvalue weighted by molar-refractivity contribution is -0.141. The van der Waals surface area contributed by atoms with Crippen molar-refractivity contribution in [3.05, 3.63) is 35.4 Å². The van der Waals surface area contributed by atoms with Gasteiger partial charge in [0, 0.05) is 18.2 Å². The van der Waals surface area contributed by atoms with E-state index in [1.54, 1.807) is 0 Å². The molecule has 21 heavy (non-hydrogen) atoms. The fourth-order valence-corrected chi connectivity index (χ4v) is 2.70. The van der Waals surface area contributed by atoms with Gasteiger partial charge in [-0.05, 0) is 31.4 Å². The first-order valence-corrected chi connectivity index (χ1v) is 6.93. The molecule has 1 aromatic rings. The summed E-state index contributed by atoms with van der Waals surface area (Å²) in [6, 6.07) is 3.07. The lowest BCUT2D eigenvalue weighted by Gasteiger charge is -2.35. The van der Waals surface area contributed by atoms with E-state index in [9.17, 15) is 18.4 Å². The van der Waals surface area contributed by atoms with Gasteiger partial charge in [-0.25, -0.2) is 8.78 Å². The van der Waals surface area contributed by atoms with Crippen molar-refractivity contribution in [2.45, 2.75) is 38.1 Å². The fourth-order valence-electron chi connectivity index (χ4n) is 2.70. The Labute approximate surface area is 121 Å². The summed E-state index contributed by atoms with van der Waals surface area (Å²) in [5.41, 5.74) is -0.262. The summed E-state index contributed by atoms with van der Waals surface area (Å²) in [4.78, 5) is 24.6. The average molecular weight is 297 g/mol. The largest absolute Gasteiger partial charge is 0.481 e. The average Bonchev–Trinajstić information content (AvgIpc) is 2.43. The maximum Gasteiger partial charge on any atom is 0.305 e. The summed E-state index contributed by atoms with van der Waals surface area (Å²) < 4.78 is 27.2. The van der Waals surface area contributed by atoms with Crippen molar-refractivity contribution in [1.29, 1.82) is 0 Å². The normalized spacial score (nSPS) is 18.6. The molecule has 1 aliphatic heterocycles. The molecule has 0 saturated carbocycles. The van der Waals surface area contributed by atoms with Gasteiger partial charge in [0.2, 0.25) is 5.91 Å².